The number of hydrogen-bond acceptors (Lipinski definition) is 9. The lowest BCUT2D eigenvalue weighted by Gasteiger charge is -2.26. The molecule has 2 heterocycles. The lowest BCUT2D eigenvalue weighted by atomic mass is 10.1. The maximum Gasteiger partial charge on any atom is 0.411 e. The summed E-state index contributed by atoms with van der Waals surface area (Å²) in [6.45, 7) is 8.13. The first-order valence-electron chi connectivity index (χ1n) is 12.8. The van der Waals surface area contributed by atoms with Crippen LogP contribution in [0.5, 0.6) is 11.5 Å². The number of benzene rings is 2. The van der Waals surface area contributed by atoms with Gasteiger partial charge in [-0.3, -0.25) is 10.1 Å². The van der Waals surface area contributed by atoms with Crippen molar-refractivity contribution < 1.29 is 23.8 Å². The fourth-order valence-corrected chi connectivity index (χ4v) is 4.93. The van der Waals surface area contributed by atoms with Gasteiger partial charge < -0.3 is 24.4 Å². The summed E-state index contributed by atoms with van der Waals surface area (Å²) in [5, 5.41) is 12.0. The second kappa shape index (κ2) is 14.0. The fourth-order valence-electron chi connectivity index (χ4n) is 4.19. The molecule has 0 aliphatic carbocycles. The fraction of sp³-hybridized carbons (Fsp3) is 0.444. The number of ether oxygens (including phenoxy) is 3. The minimum atomic E-state index is -0.471. The van der Waals surface area contributed by atoms with Gasteiger partial charge in [-0.15, -0.1) is 0 Å². The van der Waals surface area contributed by atoms with Crippen LogP contribution < -0.4 is 20.1 Å². The first-order chi connectivity index (χ1) is 18.6. The zero-order chi connectivity index (χ0) is 26.7. The van der Waals surface area contributed by atoms with E-state index >= 15 is 0 Å². The third-order valence-electron chi connectivity index (χ3n) is 6.18. The third kappa shape index (κ3) is 7.86. The molecular formula is C27H35N5O5S. The van der Waals surface area contributed by atoms with E-state index in [1.807, 2.05) is 37.3 Å². The van der Waals surface area contributed by atoms with E-state index in [-0.39, 0.29) is 5.24 Å². The third-order valence-corrected chi connectivity index (χ3v) is 7.05. The van der Waals surface area contributed by atoms with Crippen LogP contribution in [0.3, 0.4) is 0 Å². The van der Waals surface area contributed by atoms with Crippen molar-refractivity contribution in [2.75, 3.05) is 64.1 Å². The molecule has 11 heteroatoms. The molecule has 0 saturated carbocycles. The van der Waals surface area contributed by atoms with E-state index in [0.29, 0.717) is 42.7 Å². The second-order valence-corrected chi connectivity index (χ2v) is 9.79. The Labute approximate surface area is 227 Å². The predicted octanol–water partition coefficient (Wildman–Crippen LogP) is 4.01. The molecule has 2 amide bonds. The van der Waals surface area contributed by atoms with Crippen LogP contribution in [0.15, 0.2) is 47.6 Å². The monoisotopic (exact) mass is 541 g/mol. The molecule has 2 aromatic rings. The van der Waals surface area contributed by atoms with E-state index in [1.54, 1.807) is 19.2 Å². The molecule has 0 atom stereocenters. The predicted molar refractivity (Wildman–Crippen MR) is 149 cm³/mol. The van der Waals surface area contributed by atoms with E-state index in [1.165, 1.54) is 16.8 Å². The standard InChI is InChI=1S/C27H35N5O5S/c1-3-36-25-17-21(7-10-24(25)35-2)23-19-38-27(34)32(30-23)18-20-5-8-22(9-6-20)29-26(33)37-16-4-13-31-14-11-28-12-15-31/h5-10,17,28H,3-4,11-16,18-19H2,1-2H3,(H,29,33). The average molecular weight is 542 g/mol. The molecule has 2 aliphatic heterocycles. The molecule has 0 spiro atoms. The Kier molecular flexibility index (Phi) is 10.2. The van der Waals surface area contributed by atoms with Crippen molar-refractivity contribution in [1.29, 1.82) is 0 Å². The number of piperazine rings is 1. The molecule has 0 radical (unpaired) electrons. The van der Waals surface area contributed by atoms with Gasteiger partial charge in [0.1, 0.15) is 0 Å². The molecule has 2 aliphatic rings. The van der Waals surface area contributed by atoms with Gasteiger partial charge in [0.2, 0.25) is 0 Å². The number of rotatable bonds is 11. The van der Waals surface area contributed by atoms with Crippen molar-refractivity contribution in [3.8, 4) is 11.5 Å². The molecule has 1 saturated heterocycles. The lowest BCUT2D eigenvalue weighted by molar-refractivity contribution is 0.149. The number of carbonyl (C=O) groups excluding carboxylic acids is 2. The summed E-state index contributed by atoms with van der Waals surface area (Å²) in [5.41, 5.74) is 3.19. The van der Waals surface area contributed by atoms with E-state index in [0.717, 1.165) is 56.0 Å². The van der Waals surface area contributed by atoms with E-state index in [9.17, 15) is 9.59 Å². The maximum absolute atomic E-state index is 12.5. The number of nitrogens with one attached hydrogen (secondary N) is 2. The number of nitrogens with zero attached hydrogens (tertiary/aromatic N) is 3. The minimum absolute atomic E-state index is 0.112. The van der Waals surface area contributed by atoms with Crippen LogP contribution in [0, 0.1) is 0 Å². The van der Waals surface area contributed by atoms with Gasteiger partial charge >= 0.3 is 11.3 Å². The summed E-state index contributed by atoms with van der Waals surface area (Å²) < 4.78 is 16.4. The molecule has 0 unspecified atom stereocenters. The minimum Gasteiger partial charge on any atom is -0.493 e. The van der Waals surface area contributed by atoms with Crippen molar-refractivity contribution in [3.63, 3.8) is 0 Å². The van der Waals surface area contributed by atoms with Gasteiger partial charge in [-0.1, -0.05) is 23.9 Å². The van der Waals surface area contributed by atoms with Gasteiger partial charge in [-0.25, -0.2) is 9.80 Å². The SMILES string of the molecule is CCOc1cc(C2=NN(Cc3ccc(NC(=O)OCCCN4CCNCC4)cc3)C(=O)SC2)ccc1OC. The lowest BCUT2D eigenvalue weighted by Crippen LogP contribution is -2.43. The Morgan fingerprint density at radius 2 is 1.92 bits per heavy atom. The summed E-state index contributed by atoms with van der Waals surface area (Å²) >= 11 is 1.21. The normalized spacial score (nSPS) is 16.1. The van der Waals surface area contributed by atoms with E-state index in [2.05, 4.69) is 20.6 Å². The Morgan fingerprint density at radius 3 is 2.66 bits per heavy atom. The van der Waals surface area contributed by atoms with Crippen LogP contribution in [0.2, 0.25) is 0 Å². The maximum atomic E-state index is 12.5. The summed E-state index contributed by atoms with van der Waals surface area (Å²) in [5.74, 6) is 1.78. The van der Waals surface area contributed by atoms with Gasteiger partial charge in [-0.2, -0.15) is 5.10 Å². The van der Waals surface area contributed by atoms with E-state index in [4.69, 9.17) is 14.2 Å². The molecule has 0 aromatic heterocycles. The van der Waals surface area contributed by atoms with Gasteiger partial charge in [0.05, 0.1) is 32.6 Å². The largest absolute Gasteiger partial charge is 0.493 e. The highest BCUT2D eigenvalue weighted by Crippen LogP contribution is 2.30. The van der Waals surface area contributed by atoms with Crippen molar-refractivity contribution in [3.05, 3.63) is 53.6 Å². The Balaban J connectivity index is 1.29. The van der Waals surface area contributed by atoms with Crippen molar-refractivity contribution in [2.45, 2.75) is 19.9 Å². The van der Waals surface area contributed by atoms with Crippen LogP contribution in [-0.4, -0.2) is 85.8 Å². The van der Waals surface area contributed by atoms with Gasteiger partial charge in [0.25, 0.3) is 0 Å². The summed E-state index contributed by atoms with van der Waals surface area (Å²) in [6, 6.07) is 13.0. The van der Waals surface area contributed by atoms with Crippen LogP contribution >= 0.6 is 11.8 Å². The molecular weight excluding hydrogens is 506 g/mol. The van der Waals surface area contributed by atoms with E-state index < -0.39 is 6.09 Å². The number of thioether (sulfide) groups is 1. The quantitative estimate of drug-likeness (QED) is 0.411. The summed E-state index contributed by atoms with van der Waals surface area (Å²) in [7, 11) is 1.60. The number of carbonyl (C=O) groups is 2. The Hall–Kier alpha value is -3.28. The zero-order valence-electron chi connectivity index (χ0n) is 21.9. The molecule has 2 N–H and O–H groups in total. The number of amides is 2. The Morgan fingerprint density at radius 1 is 1.13 bits per heavy atom. The molecule has 4 rings (SSSR count). The highest BCUT2D eigenvalue weighted by Gasteiger charge is 2.23. The number of hydrogen-bond donors (Lipinski definition) is 2. The van der Waals surface area contributed by atoms with Gasteiger partial charge in [0, 0.05) is 49.7 Å². The molecule has 204 valence electrons. The Bertz CT molecular complexity index is 1120. The second-order valence-electron chi connectivity index (χ2n) is 8.86. The molecule has 0 bridgehead atoms. The number of anilines is 1. The van der Waals surface area contributed by atoms with Crippen LogP contribution in [0.25, 0.3) is 0 Å². The summed E-state index contributed by atoms with van der Waals surface area (Å²) in [4.78, 5) is 27.0. The van der Waals surface area contributed by atoms with Gasteiger partial charge in [-0.05, 0) is 49.2 Å². The summed E-state index contributed by atoms with van der Waals surface area (Å²) in [6.07, 6.45) is 0.334. The highest BCUT2D eigenvalue weighted by atomic mass is 32.2. The van der Waals surface area contributed by atoms with Crippen molar-refractivity contribution in [1.82, 2.24) is 15.2 Å². The van der Waals surface area contributed by atoms with Crippen molar-refractivity contribution >= 4 is 34.5 Å². The molecule has 1 fully saturated rings. The molecule has 2 aromatic carbocycles. The van der Waals surface area contributed by atoms with Crippen LogP contribution in [0.4, 0.5) is 15.3 Å². The first-order valence-corrected chi connectivity index (χ1v) is 13.8. The first kappa shape index (κ1) is 27.7. The molecule has 10 nitrogen and oxygen atoms in total. The highest BCUT2D eigenvalue weighted by molar-refractivity contribution is 8.14. The van der Waals surface area contributed by atoms with Crippen LogP contribution in [-0.2, 0) is 11.3 Å². The topological polar surface area (TPSA) is 105 Å². The molecule has 38 heavy (non-hydrogen) atoms. The zero-order valence-corrected chi connectivity index (χ0v) is 22.7. The van der Waals surface area contributed by atoms with Gasteiger partial charge in [0.15, 0.2) is 11.5 Å². The van der Waals surface area contributed by atoms with Crippen molar-refractivity contribution in [2.24, 2.45) is 5.10 Å². The number of hydrazone groups is 1. The smallest absolute Gasteiger partial charge is 0.411 e. The average Bonchev–Trinajstić information content (AvgIpc) is 2.94. The van der Waals surface area contributed by atoms with Crippen LogP contribution in [0.1, 0.15) is 24.5 Å². The number of methoxy groups -OCH3 is 1.